The Morgan fingerprint density at radius 3 is 2.67 bits per heavy atom. The molecule has 1 atom stereocenters. The third kappa shape index (κ3) is 2.93. The molecular formula is C12H16N2O6S. The van der Waals surface area contributed by atoms with E-state index in [4.69, 9.17) is 15.3 Å². The highest BCUT2D eigenvalue weighted by Crippen LogP contribution is 2.27. The van der Waals surface area contributed by atoms with E-state index in [-0.39, 0.29) is 23.7 Å². The lowest BCUT2D eigenvalue weighted by atomic mass is 9.99. The standard InChI is InChI=1S/C12H16N2O6S/c1-7-10(5-9(20-7)12(16)17)21(18,19)14-4-2-3-8(6-14)11(13)15/h5,8H,2-4,6H2,1H3,(H2,13,15)(H,16,17). The monoisotopic (exact) mass is 316 g/mol. The highest BCUT2D eigenvalue weighted by molar-refractivity contribution is 7.89. The molecule has 21 heavy (non-hydrogen) atoms. The number of hydrogen-bond acceptors (Lipinski definition) is 5. The molecule has 1 aromatic heterocycles. The SMILES string of the molecule is Cc1oc(C(=O)O)cc1S(=O)(=O)N1CCCC(C(N)=O)C1. The molecule has 1 amide bonds. The number of aryl methyl sites for hydroxylation is 1. The van der Waals surface area contributed by atoms with Crippen LogP contribution in [0.5, 0.6) is 0 Å². The van der Waals surface area contributed by atoms with Crippen LogP contribution in [0.3, 0.4) is 0 Å². The molecule has 0 spiro atoms. The molecule has 0 radical (unpaired) electrons. The fourth-order valence-corrected chi connectivity index (χ4v) is 4.04. The van der Waals surface area contributed by atoms with E-state index in [1.807, 2.05) is 0 Å². The van der Waals surface area contributed by atoms with Crippen LogP contribution in [0.1, 0.15) is 29.2 Å². The second kappa shape index (κ2) is 5.49. The maximum atomic E-state index is 12.5. The van der Waals surface area contributed by atoms with Crippen LogP contribution in [0, 0.1) is 12.8 Å². The van der Waals surface area contributed by atoms with E-state index in [0.29, 0.717) is 12.8 Å². The zero-order chi connectivity index (χ0) is 15.8. The number of nitrogens with two attached hydrogens (primary N) is 1. The molecular weight excluding hydrogens is 300 g/mol. The van der Waals surface area contributed by atoms with Crippen LogP contribution in [0.15, 0.2) is 15.4 Å². The number of amides is 1. The van der Waals surface area contributed by atoms with E-state index in [1.54, 1.807) is 0 Å². The number of carbonyl (C=O) groups excluding carboxylic acids is 1. The van der Waals surface area contributed by atoms with Gasteiger partial charge in [-0.15, -0.1) is 0 Å². The first-order valence-corrected chi connectivity index (χ1v) is 7.80. The molecule has 2 heterocycles. The van der Waals surface area contributed by atoms with Gasteiger partial charge in [-0.05, 0) is 19.8 Å². The summed E-state index contributed by atoms with van der Waals surface area (Å²) in [5.41, 5.74) is 5.23. The Bertz CT molecular complexity index is 678. The summed E-state index contributed by atoms with van der Waals surface area (Å²) in [6.07, 6.45) is 1.07. The van der Waals surface area contributed by atoms with Crippen LogP contribution in [0.25, 0.3) is 0 Å². The topological polar surface area (TPSA) is 131 Å². The maximum Gasteiger partial charge on any atom is 0.371 e. The van der Waals surface area contributed by atoms with Crippen molar-refractivity contribution in [1.29, 1.82) is 0 Å². The lowest BCUT2D eigenvalue weighted by Crippen LogP contribution is -2.44. The Morgan fingerprint density at radius 2 is 2.14 bits per heavy atom. The van der Waals surface area contributed by atoms with Gasteiger partial charge in [-0.3, -0.25) is 4.79 Å². The van der Waals surface area contributed by atoms with E-state index in [9.17, 15) is 18.0 Å². The van der Waals surface area contributed by atoms with E-state index in [0.717, 1.165) is 10.4 Å². The summed E-state index contributed by atoms with van der Waals surface area (Å²) in [7, 11) is -3.90. The largest absolute Gasteiger partial charge is 0.475 e. The summed E-state index contributed by atoms with van der Waals surface area (Å²) >= 11 is 0. The zero-order valence-electron chi connectivity index (χ0n) is 11.4. The number of carbonyl (C=O) groups is 2. The van der Waals surface area contributed by atoms with Gasteiger partial charge in [0.05, 0.1) is 5.92 Å². The molecule has 1 aromatic rings. The van der Waals surface area contributed by atoms with Gasteiger partial charge in [0, 0.05) is 19.2 Å². The van der Waals surface area contributed by atoms with Gasteiger partial charge in [-0.25, -0.2) is 13.2 Å². The molecule has 3 N–H and O–H groups in total. The van der Waals surface area contributed by atoms with E-state index in [1.165, 1.54) is 6.92 Å². The molecule has 0 aliphatic carbocycles. The quantitative estimate of drug-likeness (QED) is 0.814. The molecule has 0 bridgehead atoms. The molecule has 1 fully saturated rings. The molecule has 0 aromatic carbocycles. The van der Waals surface area contributed by atoms with Crippen LogP contribution in [-0.2, 0) is 14.8 Å². The molecule has 1 saturated heterocycles. The Morgan fingerprint density at radius 1 is 1.48 bits per heavy atom. The van der Waals surface area contributed by atoms with Gasteiger partial charge in [0.2, 0.25) is 21.7 Å². The van der Waals surface area contributed by atoms with Crippen LogP contribution >= 0.6 is 0 Å². The third-order valence-corrected chi connectivity index (χ3v) is 5.46. The number of carboxylic acids is 1. The summed E-state index contributed by atoms with van der Waals surface area (Å²) < 4.78 is 31.1. The van der Waals surface area contributed by atoms with Crippen LogP contribution in [0.4, 0.5) is 0 Å². The minimum absolute atomic E-state index is 0.00465. The van der Waals surface area contributed by atoms with E-state index in [2.05, 4.69) is 0 Å². The van der Waals surface area contributed by atoms with Crippen LogP contribution in [0.2, 0.25) is 0 Å². The first kappa shape index (κ1) is 15.5. The average molecular weight is 316 g/mol. The average Bonchev–Trinajstić information content (AvgIpc) is 2.82. The molecule has 0 saturated carbocycles. The molecule has 116 valence electrons. The van der Waals surface area contributed by atoms with Gasteiger partial charge in [0.25, 0.3) is 0 Å². The van der Waals surface area contributed by atoms with Gasteiger partial charge in [0.15, 0.2) is 0 Å². The number of hydrogen-bond donors (Lipinski definition) is 2. The van der Waals surface area contributed by atoms with Crippen molar-refractivity contribution < 1.29 is 27.5 Å². The number of primary amides is 1. The second-order valence-electron chi connectivity index (χ2n) is 4.94. The minimum atomic E-state index is -3.90. The van der Waals surface area contributed by atoms with Crippen LogP contribution < -0.4 is 5.73 Å². The number of rotatable bonds is 4. The van der Waals surface area contributed by atoms with Crippen molar-refractivity contribution in [3.05, 3.63) is 17.6 Å². The van der Waals surface area contributed by atoms with Gasteiger partial charge in [0.1, 0.15) is 10.7 Å². The number of nitrogens with zero attached hydrogens (tertiary/aromatic N) is 1. The predicted molar refractivity (Wildman–Crippen MR) is 71.1 cm³/mol. The maximum absolute atomic E-state index is 12.5. The van der Waals surface area contributed by atoms with Gasteiger partial charge < -0.3 is 15.3 Å². The summed E-state index contributed by atoms with van der Waals surface area (Å²) in [5.74, 6) is -2.83. The number of carboxylic acid groups (broad SMARTS) is 1. The molecule has 8 nitrogen and oxygen atoms in total. The molecule has 1 aliphatic rings. The van der Waals surface area contributed by atoms with Gasteiger partial charge >= 0.3 is 5.97 Å². The summed E-state index contributed by atoms with van der Waals surface area (Å²) in [6, 6.07) is 0.987. The Hall–Kier alpha value is -1.87. The lowest BCUT2D eigenvalue weighted by molar-refractivity contribution is -0.122. The Kier molecular flexibility index (Phi) is 4.06. The number of piperidine rings is 1. The minimum Gasteiger partial charge on any atom is -0.475 e. The van der Waals surface area contributed by atoms with E-state index < -0.39 is 33.6 Å². The predicted octanol–water partition coefficient (Wildman–Crippen LogP) is 0.172. The van der Waals surface area contributed by atoms with E-state index >= 15 is 0 Å². The highest BCUT2D eigenvalue weighted by Gasteiger charge is 2.35. The number of furan rings is 1. The molecule has 1 unspecified atom stereocenters. The fraction of sp³-hybridized carbons (Fsp3) is 0.500. The molecule has 2 rings (SSSR count). The smallest absolute Gasteiger partial charge is 0.371 e. The normalized spacial score (nSPS) is 20.3. The highest BCUT2D eigenvalue weighted by atomic mass is 32.2. The molecule has 1 aliphatic heterocycles. The number of aromatic carboxylic acids is 1. The van der Waals surface area contributed by atoms with Crippen molar-refractivity contribution in [2.45, 2.75) is 24.7 Å². The van der Waals surface area contributed by atoms with Crippen molar-refractivity contribution in [3.8, 4) is 0 Å². The Labute approximate surface area is 121 Å². The van der Waals surface area contributed by atoms with Crippen molar-refractivity contribution in [1.82, 2.24) is 4.31 Å². The first-order valence-electron chi connectivity index (χ1n) is 6.36. The van der Waals surface area contributed by atoms with Crippen molar-refractivity contribution in [3.63, 3.8) is 0 Å². The molecule has 9 heteroatoms. The zero-order valence-corrected chi connectivity index (χ0v) is 12.2. The fourth-order valence-electron chi connectivity index (χ4n) is 2.36. The van der Waals surface area contributed by atoms with Gasteiger partial charge in [-0.1, -0.05) is 0 Å². The summed E-state index contributed by atoms with van der Waals surface area (Å²) in [5, 5.41) is 8.85. The van der Waals surface area contributed by atoms with Crippen LogP contribution in [-0.4, -0.2) is 42.8 Å². The van der Waals surface area contributed by atoms with Crippen molar-refractivity contribution >= 4 is 21.9 Å². The second-order valence-corrected chi connectivity index (χ2v) is 6.85. The third-order valence-electron chi connectivity index (χ3n) is 3.49. The first-order chi connectivity index (χ1) is 9.73. The van der Waals surface area contributed by atoms with Gasteiger partial charge in [-0.2, -0.15) is 4.31 Å². The summed E-state index contributed by atoms with van der Waals surface area (Å²) in [6.45, 7) is 1.65. The Balaban J connectivity index is 2.33. The lowest BCUT2D eigenvalue weighted by Gasteiger charge is -2.30. The van der Waals surface area contributed by atoms with Crippen molar-refractivity contribution in [2.75, 3.05) is 13.1 Å². The van der Waals surface area contributed by atoms with Crippen molar-refractivity contribution in [2.24, 2.45) is 11.7 Å². The number of sulfonamides is 1. The summed E-state index contributed by atoms with van der Waals surface area (Å²) in [4.78, 5) is 21.9.